The Morgan fingerprint density at radius 1 is 1.50 bits per heavy atom. The zero-order valence-corrected chi connectivity index (χ0v) is 8.35. The summed E-state index contributed by atoms with van der Waals surface area (Å²) in [5, 5.41) is 0. The van der Waals surface area contributed by atoms with Crippen molar-refractivity contribution in [1.29, 1.82) is 0 Å². The van der Waals surface area contributed by atoms with Gasteiger partial charge in [-0.1, -0.05) is 0 Å². The molecule has 0 saturated carbocycles. The fourth-order valence-corrected chi connectivity index (χ4v) is 1.90. The smallest absolute Gasteiger partial charge is 0.327 e. The van der Waals surface area contributed by atoms with E-state index in [0.717, 1.165) is 6.54 Å². The molecule has 2 atom stereocenters. The standard InChI is InChI=1S/C9H17F3N2/c1-7(13)5-14-4-2-3-8(6-14)9(10,11)12/h7-8H,2-6,13H2,1H3/t7-,8?/m1/s1. The van der Waals surface area contributed by atoms with E-state index < -0.39 is 12.1 Å². The molecular formula is C9H17F3N2. The van der Waals surface area contributed by atoms with Crippen LogP contribution in [0.2, 0.25) is 0 Å². The predicted octanol–water partition coefficient (Wildman–Crippen LogP) is 1.61. The number of halogens is 3. The zero-order chi connectivity index (χ0) is 10.8. The normalized spacial score (nSPS) is 27.6. The molecular weight excluding hydrogens is 193 g/mol. The lowest BCUT2D eigenvalue weighted by Crippen LogP contribution is -2.45. The molecule has 1 aliphatic heterocycles. The number of hydrogen-bond acceptors (Lipinski definition) is 2. The topological polar surface area (TPSA) is 29.3 Å². The number of nitrogens with two attached hydrogens (primary N) is 1. The van der Waals surface area contributed by atoms with Gasteiger partial charge < -0.3 is 10.6 Å². The van der Waals surface area contributed by atoms with Crippen LogP contribution in [0.3, 0.4) is 0 Å². The summed E-state index contributed by atoms with van der Waals surface area (Å²) in [6, 6.07) is -0.0537. The first-order valence-electron chi connectivity index (χ1n) is 4.94. The second-order valence-electron chi connectivity index (χ2n) is 4.12. The van der Waals surface area contributed by atoms with Gasteiger partial charge >= 0.3 is 6.18 Å². The molecule has 0 aromatic heterocycles. The Bertz CT molecular complexity index is 179. The van der Waals surface area contributed by atoms with Crippen LogP contribution in [0, 0.1) is 5.92 Å². The van der Waals surface area contributed by atoms with Crippen molar-refractivity contribution in [3.63, 3.8) is 0 Å². The highest BCUT2D eigenvalue weighted by atomic mass is 19.4. The van der Waals surface area contributed by atoms with Gasteiger partial charge in [0, 0.05) is 19.1 Å². The second-order valence-corrected chi connectivity index (χ2v) is 4.12. The lowest BCUT2D eigenvalue weighted by Gasteiger charge is -2.34. The third-order valence-corrected chi connectivity index (χ3v) is 2.51. The second kappa shape index (κ2) is 4.49. The van der Waals surface area contributed by atoms with Crippen LogP contribution < -0.4 is 5.73 Å². The number of piperidine rings is 1. The molecule has 2 N–H and O–H groups in total. The number of nitrogens with zero attached hydrogens (tertiary/aromatic N) is 1. The molecule has 1 rings (SSSR count). The molecule has 0 spiro atoms. The molecule has 0 radical (unpaired) electrons. The van der Waals surface area contributed by atoms with Gasteiger partial charge in [0.2, 0.25) is 0 Å². The third kappa shape index (κ3) is 3.46. The van der Waals surface area contributed by atoms with Crippen LogP contribution in [0.25, 0.3) is 0 Å². The van der Waals surface area contributed by atoms with Crippen LogP contribution in [-0.4, -0.2) is 36.8 Å². The zero-order valence-electron chi connectivity index (χ0n) is 8.35. The first-order chi connectivity index (χ1) is 6.39. The van der Waals surface area contributed by atoms with E-state index in [0.29, 0.717) is 13.0 Å². The fourth-order valence-electron chi connectivity index (χ4n) is 1.90. The summed E-state index contributed by atoms with van der Waals surface area (Å²) in [5.41, 5.74) is 5.55. The number of rotatable bonds is 2. The van der Waals surface area contributed by atoms with E-state index in [2.05, 4.69) is 0 Å². The van der Waals surface area contributed by atoms with Gasteiger partial charge in [0.1, 0.15) is 0 Å². The number of likely N-dealkylation sites (tertiary alicyclic amines) is 1. The quantitative estimate of drug-likeness (QED) is 0.750. The Hall–Kier alpha value is -0.290. The molecule has 14 heavy (non-hydrogen) atoms. The van der Waals surface area contributed by atoms with Crippen molar-refractivity contribution in [2.75, 3.05) is 19.6 Å². The Kier molecular flexibility index (Phi) is 3.78. The lowest BCUT2D eigenvalue weighted by atomic mass is 9.97. The van der Waals surface area contributed by atoms with E-state index in [9.17, 15) is 13.2 Å². The van der Waals surface area contributed by atoms with Crippen LogP contribution in [0.5, 0.6) is 0 Å². The van der Waals surface area contributed by atoms with E-state index in [1.807, 2.05) is 11.8 Å². The maximum Gasteiger partial charge on any atom is 0.393 e. The molecule has 5 heteroatoms. The first-order valence-corrected chi connectivity index (χ1v) is 4.94. The predicted molar refractivity (Wildman–Crippen MR) is 48.9 cm³/mol. The molecule has 1 saturated heterocycles. The summed E-state index contributed by atoms with van der Waals surface area (Å²) in [6.45, 7) is 3.24. The Morgan fingerprint density at radius 2 is 2.14 bits per heavy atom. The minimum Gasteiger partial charge on any atom is -0.327 e. The summed E-state index contributed by atoms with van der Waals surface area (Å²) in [7, 11) is 0. The van der Waals surface area contributed by atoms with Crippen molar-refractivity contribution in [2.45, 2.75) is 32.0 Å². The minimum absolute atomic E-state index is 0.0537. The Morgan fingerprint density at radius 3 is 2.64 bits per heavy atom. The van der Waals surface area contributed by atoms with E-state index in [4.69, 9.17) is 5.73 Å². The molecule has 1 unspecified atom stereocenters. The van der Waals surface area contributed by atoms with Crippen LogP contribution in [0.1, 0.15) is 19.8 Å². The maximum absolute atomic E-state index is 12.4. The van der Waals surface area contributed by atoms with Crippen molar-refractivity contribution in [1.82, 2.24) is 4.90 Å². The Balaban J connectivity index is 2.44. The van der Waals surface area contributed by atoms with Crippen molar-refractivity contribution < 1.29 is 13.2 Å². The summed E-state index contributed by atoms with van der Waals surface area (Å²) in [4.78, 5) is 1.81. The molecule has 1 heterocycles. The molecule has 84 valence electrons. The SMILES string of the molecule is C[C@@H](N)CN1CCCC(C(F)(F)F)C1. The van der Waals surface area contributed by atoms with Gasteiger partial charge in [-0.15, -0.1) is 0 Å². The van der Waals surface area contributed by atoms with Gasteiger partial charge in [-0.05, 0) is 26.3 Å². The molecule has 0 aromatic rings. The van der Waals surface area contributed by atoms with Gasteiger partial charge in [-0.3, -0.25) is 0 Å². The minimum atomic E-state index is -4.05. The summed E-state index contributed by atoms with van der Waals surface area (Å²) in [6.07, 6.45) is -3.16. The lowest BCUT2D eigenvalue weighted by molar-refractivity contribution is -0.186. The van der Waals surface area contributed by atoms with Crippen LogP contribution in [0.15, 0.2) is 0 Å². The molecule has 0 amide bonds. The molecule has 0 bridgehead atoms. The molecule has 1 aliphatic rings. The summed E-state index contributed by atoms with van der Waals surface area (Å²) < 4.78 is 37.2. The van der Waals surface area contributed by atoms with E-state index in [1.165, 1.54) is 0 Å². The van der Waals surface area contributed by atoms with E-state index >= 15 is 0 Å². The summed E-state index contributed by atoms with van der Waals surface area (Å²) in [5.74, 6) is -1.16. The van der Waals surface area contributed by atoms with E-state index in [-0.39, 0.29) is 19.0 Å². The highest BCUT2D eigenvalue weighted by molar-refractivity contribution is 4.79. The number of alkyl halides is 3. The Labute approximate surface area is 82.2 Å². The third-order valence-electron chi connectivity index (χ3n) is 2.51. The average Bonchev–Trinajstić information content (AvgIpc) is 2.01. The monoisotopic (exact) mass is 210 g/mol. The molecule has 2 nitrogen and oxygen atoms in total. The van der Waals surface area contributed by atoms with E-state index in [1.54, 1.807) is 0 Å². The van der Waals surface area contributed by atoms with Crippen molar-refractivity contribution in [2.24, 2.45) is 11.7 Å². The number of hydrogen-bond donors (Lipinski definition) is 1. The van der Waals surface area contributed by atoms with Crippen LogP contribution in [0.4, 0.5) is 13.2 Å². The highest BCUT2D eigenvalue weighted by Gasteiger charge is 2.41. The molecule has 1 fully saturated rings. The molecule has 0 aromatic carbocycles. The van der Waals surface area contributed by atoms with Crippen molar-refractivity contribution in [3.8, 4) is 0 Å². The van der Waals surface area contributed by atoms with Gasteiger partial charge in [0.25, 0.3) is 0 Å². The van der Waals surface area contributed by atoms with Gasteiger partial charge in [0.05, 0.1) is 5.92 Å². The first kappa shape index (κ1) is 11.8. The molecule has 0 aliphatic carbocycles. The van der Waals surface area contributed by atoms with Crippen LogP contribution in [-0.2, 0) is 0 Å². The largest absolute Gasteiger partial charge is 0.393 e. The van der Waals surface area contributed by atoms with Gasteiger partial charge in [-0.25, -0.2) is 0 Å². The maximum atomic E-state index is 12.4. The van der Waals surface area contributed by atoms with Crippen molar-refractivity contribution >= 4 is 0 Å². The fraction of sp³-hybridized carbons (Fsp3) is 1.00. The average molecular weight is 210 g/mol. The van der Waals surface area contributed by atoms with Gasteiger partial charge in [0.15, 0.2) is 0 Å². The summed E-state index contributed by atoms with van der Waals surface area (Å²) >= 11 is 0. The highest BCUT2D eigenvalue weighted by Crippen LogP contribution is 2.32. The van der Waals surface area contributed by atoms with Crippen LogP contribution >= 0.6 is 0 Å². The van der Waals surface area contributed by atoms with Gasteiger partial charge in [-0.2, -0.15) is 13.2 Å². The van der Waals surface area contributed by atoms with Crippen molar-refractivity contribution in [3.05, 3.63) is 0 Å².